The largest absolute Gasteiger partial charge is 0.308 e. The first kappa shape index (κ1) is 42.4. The molecule has 0 radical (unpaired) electrons. The van der Waals surface area contributed by atoms with Crippen molar-refractivity contribution in [3.8, 4) is 29.2 Å². The molecule has 10 aromatic carbocycles. The van der Waals surface area contributed by atoms with Gasteiger partial charge in [-0.3, -0.25) is 14.1 Å². The van der Waals surface area contributed by atoms with E-state index in [1.54, 1.807) is 6.20 Å². The van der Waals surface area contributed by atoms with Gasteiger partial charge in [-0.25, -0.2) is 19.9 Å². The monoisotopic (exact) mass is 1040 g/mol. The summed E-state index contributed by atoms with van der Waals surface area (Å²) >= 11 is 0. The molecule has 0 amide bonds. The van der Waals surface area contributed by atoms with Gasteiger partial charge >= 0.3 is 0 Å². The molecular weight excluding hydrogens is 1010 g/mol. The SMILES string of the molecule is N#Cc1nc(-n2c3ccc4ccccc4c3c3c4c5ccccc5n5c6ccccc6c(cc32)c45)nc2ccc(-c3ccc4ccc5c(c4c3)c3c4c6ccccc6n6c7ccccc7c(cc3n5-c3ncc5ncccc5n3)c46)nc12. The summed E-state index contributed by atoms with van der Waals surface area (Å²) in [4.78, 5) is 30.6. The van der Waals surface area contributed by atoms with E-state index < -0.39 is 0 Å². The van der Waals surface area contributed by atoms with Gasteiger partial charge in [0.15, 0.2) is 5.69 Å². The summed E-state index contributed by atoms with van der Waals surface area (Å²) in [5, 5.41) is 29.4. The summed E-state index contributed by atoms with van der Waals surface area (Å²) in [6, 6.07) is 73.7. The first-order valence-electron chi connectivity index (χ1n) is 27.4. The number of aromatic nitrogens is 10. The van der Waals surface area contributed by atoms with Crippen LogP contribution >= 0.6 is 0 Å². The molecule has 374 valence electrons. The Bertz CT molecular complexity index is 6350. The van der Waals surface area contributed by atoms with Crippen molar-refractivity contribution in [1.82, 2.24) is 47.8 Å². The molecule has 0 saturated carbocycles. The number of nitriles is 1. The predicted molar refractivity (Wildman–Crippen MR) is 331 cm³/mol. The molecule has 0 saturated heterocycles. The minimum absolute atomic E-state index is 0.197. The van der Waals surface area contributed by atoms with Crippen LogP contribution in [0.5, 0.6) is 0 Å². The summed E-state index contributed by atoms with van der Waals surface area (Å²) in [5.41, 5.74) is 15.2. The third kappa shape index (κ3) is 5.16. The third-order valence-electron chi connectivity index (χ3n) is 17.7. The van der Waals surface area contributed by atoms with Gasteiger partial charge in [-0.15, -0.1) is 0 Å². The molecular formula is C71H35N11. The molecule has 0 fully saturated rings. The number of fused-ring (bicyclic) bond motifs is 26. The quantitative estimate of drug-likeness (QED) is 0.173. The molecule has 0 aliphatic heterocycles. The summed E-state index contributed by atoms with van der Waals surface area (Å²) in [6.45, 7) is 0. The number of rotatable bonds is 3. The minimum atomic E-state index is 0.197. The number of benzene rings is 10. The number of para-hydroxylation sites is 4. The topological polar surface area (TPSA) is 120 Å². The lowest BCUT2D eigenvalue weighted by molar-refractivity contribution is 0.998. The van der Waals surface area contributed by atoms with E-state index in [9.17, 15) is 5.26 Å². The molecule has 0 N–H and O–H groups in total. The van der Waals surface area contributed by atoms with E-state index in [0.29, 0.717) is 28.6 Å². The van der Waals surface area contributed by atoms with Crippen molar-refractivity contribution in [2.75, 3.05) is 0 Å². The van der Waals surface area contributed by atoms with Crippen molar-refractivity contribution < 1.29 is 0 Å². The van der Waals surface area contributed by atoms with Crippen LogP contribution in [0.2, 0.25) is 0 Å². The smallest absolute Gasteiger partial charge is 0.236 e. The lowest BCUT2D eigenvalue weighted by Crippen LogP contribution is -2.05. The zero-order chi connectivity index (χ0) is 53.2. The van der Waals surface area contributed by atoms with Crippen LogP contribution < -0.4 is 0 Å². The lowest BCUT2D eigenvalue weighted by Gasteiger charge is -2.10. The van der Waals surface area contributed by atoms with Gasteiger partial charge in [-0.2, -0.15) is 10.2 Å². The van der Waals surface area contributed by atoms with E-state index in [4.69, 9.17) is 24.9 Å². The normalized spacial score (nSPS) is 12.6. The Morgan fingerprint density at radius 3 is 1.55 bits per heavy atom. The second-order valence-electron chi connectivity index (χ2n) is 21.7. The maximum Gasteiger partial charge on any atom is 0.236 e. The van der Waals surface area contributed by atoms with Gasteiger partial charge in [0.05, 0.1) is 78.1 Å². The fourth-order valence-electron chi connectivity index (χ4n) is 14.5. The van der Waals surface area contributed by atoms with Gasteiger partial charge in [0.2, 0.25) is 11.9 Å². The van der Waals surface area contributed by atoms with Crippen molar-refractivity contribution in [2.24, 2.45) is 0 Å². The fraction of sp³-hybridized carbons (Fsp3) is 0. The molecule has 20 aromatic rings. The van der Waals surface area contributed by atoms with Gasteiger partial charge < -0.3 is 8.80 Å². The lowest BCUT2D eigenvalue weighted by atomic mass is 9.97. The molecule has 20 rings (SSSR count). The standard InChI is InChI=1S/C71H35N11/c72-35-51-67-50(77-71(78-51)82-57-29-25-37-12-1-2-13-40(37)61(57)65-60(82)34-47-42-15-4-8-20-54(42)79-55-21-9-5-16-43(55)63(65)68(47)79)28-27-48(75-67)39-24-23-38-26-30-58-62(45(38)32-39)66-59(81(58)70-74-36-52-49(76-70)18-11-31-73-52)33-46-41-14-3-7-19-53(41)80-56-22-10-6-17-44(56)64(66)69(46)80/h1-34,36H. The first-order chi connectivity index (χ1) is 40.6. The molecule has 11 heteroatoms. The second-order valence-corrected chi connectivity index (χ2v) is 21.7. The Labute approximate surface area is 461 Å². The van der Waals surface area contributed by atoms with Crippen molar-refractivity contribution in [1.29, 1.82) is 5.26 Å². The molecule has 82 heavy (non-hydrogen) atoms. The maximum atomic E-state index is 11.2. The maximum absolute atomic E-state index is 11.2. The Kier molecular flexibility index (Phi) is 7.73. The van der Waals surface area contributed by atoms with Gasteiger partial charge in [-0.05, 0) is 100 Å². The van der Waals surface area contributed by atoms with Crippen LogP contribution in [0.25, 0.3) is 187 Å². The highest BCUT2D eigenvalue weighted by molar-refractivity contribution is 6.40. The molecule has 0 atom stereocenters. The van der Waals surface area contributed by atoms with E-state index in [0.717, 1.165) is 109 Å². The van der Waals surface area contributed by atoms with Crippen LogP contribution in [0.15, 0.2) is 213 Å². The molecule has 0 aliphatic carbocycles. The summed E-state index contributed by atoms with van der Waals surface area (Å²) in [7, 11) is 0. The molecule has 0 bridgehead atoms. The molecule has 11 nitrogen and oxygen atoms in total. The van der Waals surface area contributed by atoms with Crippen LogP contribution in [0.4, 0.5) is 0 Å². The molecule has 10 heterocycles. The van der Waals surface area contributed by atoms with Crippen molar-refractivity contribution in [3.63, 3.8) is 0 Å². The number of hydrogen-bond acceptors (Lipinski definition) is 7. The predicted octanol–water partition coefficient (Wildman–Crippen LogP) is 16.7. The Balaban J connectivity index is 0.838. The van der Waals surface area contributed by atoms with Crippen LogP contribution in [-0.4, -0.2) is 47.8 Å². The van der Waals surface area contributed by atoms with Gasteiger partial charge in [0, 0.05) is 76.4 Å². The van der Waals surface area contributed by atoms with Gasteiger partial charge in [0.1, 0.15) is 17.1 Å². The van der Waals surface area contributed by atoms with Gasteiger partial charge in [-0.1, -0.05) is 121 Å². The average Bonchev–Trinajstić information content (AvgIpc) is 4.29. The van der Waals surface area contributed by atoms with E-state index in [2.05, 4.69) is 205 Å². The zero-order valence-electron chi connectivity index (χ0n) is 43.1. The summed E-state index contributed by atoms with van der Waals surface area (Å²) < 4.78 is 9.24. The minimum Gasteiger partial charge on any atom is -0.308 e. The molecule has 0 spiro atoms. The van der Waals surface area contributed by atoms with Crippen LogP contribution in [-0.2, 0) is 0 Å². The zero-order valence-corrected chi connectivity index (χ0v) is 43.1. The Morgan fingerprint density at radius 1 is 0.341 bits per heavy atom. The Hall–Kier alpha value is -11.6. The van der Waals surface area contributed by atoms with Gasteiger partial charge in [0.25, 0.3) is 0 Å². The van der Waals surface area contributed by atoms with E-state index in [1.807, 2.05) is 30.5 Å². The van der Waals surface area contributed by atoms with Crippen molar-refractivity contribution >= 4 is 163 Å². The molecule has 0 aliphatic rings. The van der Waals surface area contributed by atoms with Crippen LogP contribution in [0.1, 0.15) is 5.69 Å². The Morgan fingerprint density at radius 2 is 0.890 bits per heavy atom. The summed E-state index contributed by atoms with van der Waals surface area (Å²) in [5.74, 6) is 0.978. The second kappa shape index (κ2) is 14.9. The number of nitrogens with zero attached hydrogens (tertiary/aromatic N) is 11. The highest BCUT2D eigenvalue weighted by Crippen LogP contribution is 2.50. The fourth-order valence-corrected chi connectivity index (χ4v) is 14.5. The van der Waals surface area contributed by atoms with Crippen LogP contribution in [0, 0.1) is 11.3 Å². The molecule has 10 aromatic heterocycles. The van der Waals surface area contributed by atoms with E-state index >= 15 is 0 Å². The number of pyridine rings is 2. The first-order valence-corrected chi connectivity index (χ1v) is 27.4. The summed E-state index contributed by atoms with van der Waals surface area (Å²) in [6.07, 6.45) is 3.59. The number of hydrogen-bond donors (Lipinski definition) is 0. The van der Waals surface area contributed by atoms with Crippen molar-refractivity contribution in [2.45, 2.75) is 0 Å². The van der Waals surface area contributed by atoms with E-state index in [-0.39, 0.29) is 5.69 Å². The average molecular weight is 1040 g/mol. The highest BCUT2D eigenvalue weighted by atomic mass is 15.2. The molecule has 0 unspecified atom stereocenters. The van der Waals surface area contributed by atoms with E-state index in [1.165, 1.54) is 48.7 Å². The van der Waals surface area contributed by atoms with Crippen LogP contribution in [0.3, 0.4) is 0 Å². The highest BCUT2D eigenvalue weighted by Gasteiger charge is 2.29. The van der Waals surface area contributed by atoms with Crippen molar-refractivity contribution in [3.05, 3.63) is 218 Å². The third-order valence-corrected chi connectivity index (χ3v) is 17.7.